The zero-order valence-electron chi connectivity index (χ0n) is 15.4. The average molecular weight is 347 g/mol. The van der Waals surface area contributed by atoms with E-state index in [-0.39, 0.29) is 11.9 Å². The van der Waals surface area contributed by atoms with Crippen molar-refractivity contribution in [2.75, 3.05) is 6.61 Å². The Morgan fingerprint density at radius 2 is 1.73 bits per heavy atom. The molecule has 134 valence electrons. The van der Waals surface area contributed by atoms with Gasteiger partial charge in [0.2, 0.25) is 5.91 Å². The summed E-state index contributed by atoms with van der Waals surface area (Å²) in [6.45, 7) is 4.45. The highest BCUT2D eigenvalue weighted by atomic mass is 16.5. The number of amides is 1. The normalized spacial score (nSPS) is 11.9. The number of benzene rings is 3. The van der Waals surface area contributed by atoms with Crippen LogP contribution in [0.15, 0.2) is 66.7 Å². The van der Waals surface area contributed by atoms with Gasteiger partial charge in [-0.05, 0) is 48.2 Å². The van der Waals surface area contributed by atoms with Gasteiger partial charge in [0.15, 0.2) is 0 Å². The van der Waals surface area contributed by atoms with E-state index in [1.807, 2.05) is 56.3 Å². The van der Waals surface area contributed by atoms with Crippen LogP contribution in [0.1, 0.15) is 24.5 Å². The Kier molecular flexibility index (Phi) is 5.90. The fourth-order valence-electron chi connectivity index (χ4n) is 3.08. The van der Waals surface area contributed by atoms with Crippen molar-refractivity contribution >= 4 is 16.7 Å². The molecular formula is C23H25NO2. The number of aryl methyl sites for hydroxylation is 2. The minimum atomic E-state index is -0.0328. The predicted molar refractivity (Wildman–Crippen MR) is 107 cm³/mol. The second kappa shape index (κ2) is 8.52. The quantitative estimate of drug-likeness (QED) is 0.675. The van der Waals surface area contributed by atoms with Gasteiger partial charge in [0.1, 0.15) is 12.4 Å². The number of rotatable bonds is 7. The number of carbonyl (C=O) groups excluding carboxylic acids is 1. The van der Waals surface area contributed by atoms with Crippen LogP contribution in [0.25, 0.3) is 10.8 Å². The summed E-state index contributed by atoms with van der Waals surface area (Å²) in [7, 11) is 0. The third-order valence-electron chi connectivity index (χ3n) is 4.49. The molecule has 3 aromatic rings. The van der Waals surface area contributed by atoms with Crippen LogP contribution in [0.5, 0.6) is 5.75 Å². The van der Waals surface area contributed by atoms with Gasteiger partial charge in [0.25, 0.3) is 0 Å². The van der Waals surface area contributed by atoms with E-state index in [1.54, 1.807) is 0 Å². The SMILES string of the molecule is Cc1ccccc1OC[C@H](C)NC(=O)CCc1cccc2ccccc12. The molecule has 0 radical (unpaired) electrons. The Hall–Kier alpha value is -2.81. The number of nitrogens with one attached hydrogen (secondary N) is 1. The van der Waals surface area contributed by atoms with Crippen molar-refractivity contribution in [2.45, 2.75) is 32.7 Å². The lowest BCUT2D eigenvalue weighted by Gasteiger charge is -2.16. The van der Waals surface area contributed by atoms with Gasteiger partial charge >= 0.3 is 0 Å². The number of para-hydroxylation sites is 1. The van der Waals surface area contributed by atoms with Crippen molar-refractivity contribution in [3.63, 3.8) is 0 Å². The van der Waals surface area contributed by atoms with Crippen molar-refractivity contribution in [3.05, 3.63) is 77.9 Å². The molecule has 0 saturated carbocycles. The predicted octanol–water partition coefficient (Wildman–Crippen LogP) is 4.66. The highest BCUT2D eigenvalue weighted by Crippen LogP contribution is 2.20. The first-order valence-electron chi connectivity index (χ1n) is 9.08. The Labute approximate surface area is 155 Å². The van der Waals surface area contributed by atoms with E-state index in [4.69, 9.17) is 4.74 Å². The molecule has 0 spiro atoms. The van der Waals surface area contributed by atoms with E-state index in [2.05, 4.69) is 29.6 Å². The molecule has 3 aromatic carbocycles. The number of fused-ring (bicyclic) bond motifs is 1. The maximum Gasteiger partial charge on any atom is 0.220 e. The molecule has 0 aliphatic rings. The van der Waals surface area contributed by atoms with Crippen molar-refractivity contribution in [1.29, 1.82) is 0 Å². The molecule has 26 heavy (non-hydrogen) atoms. The third kappa shape index (κ3) is 4.63. The Morgan fingerprint density at radius 3 is 2.58 bits per heavy atom. The second-order valence-electron chi connectivity index (χ2n) is 6.68. The molecule has 1 atom stereocenters. The fraction of sp³-hybridized carbons (Fsp3) is 0.261. The third-order valence-corrected chi connectivity index (χ3v) is 4.49. The van der Waals surface area contributed by atoms with Crippen molar-refractivity contribution in [2.24, 2.45) is 0 Å². The lowest BCUT2D eigenvalue weighted by Crippen LogP contribution is -2.36. The summed E-state index contributed by atoms with van der Waals surface area (Å²) >= 11 is 0. The molecule has 3 rings (SSSR count). The van der Waals surface area contributed by atoms with E-state index in [0.717, 1.165) is 17.7 Å². The minimum Gasteiger partial charge on any atom is -0.491 e. The summed E-state index contributed by atoms with van der Waals surface area (Å²) in [6.07, 6.45) is 1.21. The summed E-state index contributed by atoms with van der Waals surface area (Å²) < 4.78 is 5.81. The molecule has 0 aliphatic heterocycles. The largest absolute Gasteiger partial charge is 0.491 e. The first-order chi connectivity index (χ1) is 12.6. The summed E-state index contributed by atoms with van der Waals surface area (Å²) in [5.74, 6) is 0.920. The summed E-state index contributed by atoms with van der Waals surface area (Å²) in [6, 6.07) is 22.4. The number of hydrogen-bond donors (Lipinski definition) is 1. The Morgan fingerprint density at radius 1 is 1.00 bits per heavy atom. The first kappa shape index (κ1) is 18.0. The lowest BCUT2D eigenvalue weighted by atomic mass is 10.0. The smallest absolute Gasteiger partial charge is 0.220 e. The molecule has 0 aliphatic carbocycles. The number of hydrogen-bond acceptors (Lipinski definition) is 2. The lowest BCUT2D eigenvalue weighted by molar-refractivity contribution is -0.121. The molecule has 3 nitrogen and oxygen atoms in total. The van der Waals surface area contributed by atoms with E-state index >= 15 is 0 Å². The highest BCUT2D eigenvalue weighted by molar-refractivity contribution is 5.86. The maximum atomic E-state index is 12.3. The van der Waals surface area contributed by atoms with E-state index in [1.165, 1.54) is 16.3 Å². The van der Waals surface area contributed by atoms with Crippen molar-refractivity contribution in [3.8, 4) is 5.75 Å². The summed E-state index contributed by atoms with van der Waals surface area (Å²) in [4.78, 5) is 12.3. The minimum absolute atomic E-state index is 0.0328. The van der Waals surface area contributed by atoms with E-state index < -0.39 is 0 Å². The van der Waals surface area contributed by atoms with Gasteiger partial charge in [-0.3, -0.25) is 4.79 Å². The van der Waals surface area contributed by atoms with Crippen LogP contribution in [-0.2, 0) is 11.2 Å². The van der Waals surface area contributed by atoms with Crippen LogP contribution in [-0.4, -0.2) is 18.6 Å². The fourth-order valence-corrected chi connectivity index (χ4v) is 3.08. The molecule has 0 fully saturated rings. The van der Waals surface area contributed by atoms with Crippen molar-refractivity contribution in [1.82, 2.24) is 5.32 Å². The zero-order valence-corrected chi connectivity index (χ0v) is 15.4. The number of carbonyl (C=O) groups is 1. The standard InChI is InChI=1S/C23H25NO2/c1-17-8-3-6-13-22(17)26-16-18(2)24-23(25)15-14-20-11-7-10-19-9-4-5-12-21(19)20/h3-13,18H,14-16H2,1-2H3,(H,24,25)/t18-/m0/s1. The van der Waals surface area contributed by atoms with Crippen LogP contribution < -0.4 is 10.1 Å². The molecular weight excluding hydrogens is 322 g/mol. The van der Waals surface area contributed by atoms with Crippen LogP contribution in [0, 0.1) is 6.92 Å². The zero-order chi connectivity index (χ0) is 18.4. The molecule has 0 aromatic heterocycles. The van der Waals surface area contributed by atoms with Crippen molar-refractivity contribution < 1.29 is 9.53 Å². The number of ether oxygens (including phenoxy) is 1. The summed E-state index contributed by atoms with van der Waals surface area (Å²) in [5.41, 5.74) is 2.31. The van der Waals surface area contributed by atoms with E-state index in [9.17, 15) is 4.79 Å². The van der Waals surface area contributed by atoms with Crippen LogP contribution in [0.3, 0.4) is 0 Å². The van der Waals surface area contributed by atoms with Gasteiger partial charge in [-0.15, -0.1) is 0 Å². The molecule has 3 heteroatoms. The molecule has 1 N–H and O–H groups in total. The second-order valence-corrected chi connectivity index (χ2v) is 6.68. The van der Waals surface area contributed by atoms with Gasteiger partial charge in [-0.1, -0.05) is 60.7 Å². The maximum absolute atomic E-state index is 12.3. The molecule has 0 unspecified atom stereocenters. The van der Waals surface area contributed by atoms with Gasteiger partial charge in [-0.25, -0.2) is 0 Å². The van der Waals surface area contributed by atoms with E-state index in [0.29, 0.717) is 13.0 Å². The van der Waals surface area contributed by atoms with Gasteiger partial charge in [0, 0.05) is 6.42 Å². The van der Waals surface area contributed by atoms with Gasteiger partial charge in [-0.2, -0.15) is 0 Å². The summed E-state index contributed by atoms with van der Waals surface area (Å²) in [5, 5.41) is 5.46. The monoisotopic (exact) mass is 347 g/mol. The molecule has 0 heterocycles. The molecule has 0 bridgehead atoms. The highest BCUT2D eigenvalue weighted by Gasteiger charge is 2.10. The topological polar surface area (TPSA) is 38.3 Å². The Bertz CT molecular complexity index is 883. The Balaban J connectivity index is 1.50. The first-order valence-corrected chi connectivity index (χ1v) is 9.08. The molecule has 1 amide bonds. The molecule has 0 saturated heterocycles. The van der Waals surface area contributed by atoms with Crippen LogP contribution in [0.4, 0.5) is 0 Å². The van der Waals surface area contributed by atoms with Gasteiger partial charge in [0.05, 0.1) is 6.04 Å². The van der Waals surface area contributed by atoms with Crippen LogP contribution in [0.2, 0.25) is 0 Å². The average Bonchev–Trinajstić information content (AvgIpc) is 2.65. The van der Waals surface area contributed by atoms with Crippen LogP contribution >= 0.6 is 0 Å². The van der Waals surface area contributed by atoms with Gasteiger partial charge < -0.3 is 10.1 Å².